The van der Waals surface area contributed by atoms with Crippen molar-refractivity contribution < 1.29 is 14.7 Å². The number of hydrogen-bond donors (Lipinski definition) is 2. The van der Waals surface area contributed by atoms with E-state index in [0.29, 0.717) is 11.2 Å². The second-order valence-electron chi connectivity index (χ2n) is 3.64. The lowest BCUT2D eigenvalue weighted by molar-refractivity contribution is -0.135. The summed E-state index contributed by atoms with van der Waals surface area (Å²) in [5, 5.41) is 10.7. The second-order valence-corrected chi connectivity index (χ2v) is 3.64. The molecule has 88 valence electrons. The minimum absolute atomic E-state index is 0.391. The van der Waals surface area contributed by atoms with Gasteiger partial charge in [-0.25, -0.2) is 4.98 Å². The molecule has 0 bridgehead atoms. The van der Waals surface area contributed by atoms with E-state index in [-0.39, 0.29) is 0 Å². The summed E-state index contributed by atoms with van der Waals surface area (Å²) in [6.07, 6.45) is 3.55. The molecule has 0 saturated heterocycles. The number of nitrogens with one attached hydrogen (secondary N) is 1. The lowest BCUT2D eigenvalue weighted by Gasteiger charge is -2.02. The first-order valence-corrected chi connectivity index (χ1v) is 5.01. The summed E-state index contributed by atoms with van der Waals surface area (Å²) >= 11 is 0. The van der Waals surface area contributed by atoms with E-state index in [1.54, 1.807) is 22.7 Å². The molecule has 0 aliphatic carbocycles. The summed E-state index contributed by atoms with van der Waals surface area (Å²) < 4.78 is 1.79. The highest BCUT2D eigenvalue weighted by atomic mass is 16.4. The third kappa shape index (κ3) is 2.41. The van der Waals surface area contributed by atoms with Crippen molar-refractivity contribution >= 4 is 17.5 Å². The van der Waals surface area contributed by atoms with Gasteiger partial charge in [-0.1, -0.05) is 0 Å². The fraction of sp³-hybridized carbons (Fsp3) is 0.182. The van der Waals surface area contributed by atoms with Crippen LogP contribution in [0.3, 0.4) is 0 Å². The third-order valence-electron chi connectivity index (χ3n) is 2.24. The Hall–Kier alpha value is -2.37. The molecule has 2 rings (SSSR count). The van der Waals surface area contributed by atoms with Gasteiger partial charge >= 0.3 is 5.97 Å². The number of amides is 1. The summed E-state index contributed by atoms with van der Waals surface area (Å²) in [7, 11) is 0. The van der Waals surface area contributed by atoms with Crippen LogP contribution in [0.4, 0.5) is 0 Å². The molecular formula is C11H11N3O3. The molecule has 0 aliphatic rings. The number of rotatable bonds is 3. The quantitative estimate of drug-likeness (QED) is 0.806. The van der Waals surface area contributed by atoms with E-state index < -0.39 is 18.4 Å². The van der Waals surface area contributed by atoms with Crippen molar-refractivity contribution in [3.05, 3.63) is 35.8 Å². The number of fused-ring (bicyclic) bond motifs is 1. The highest BCUT2D eigenvalue weighted by molar-refractivity contribution is 5.96. The van der Waals surface area contributed by atoms with Gasteiger partial charge in [0.1, 0.15) is 12.2 Å². The number of carbonyl (C=O) groups excluding carboxylic acids is 1. The first-order valence-electron chi connectivity index (χ1n) is 5.01. The molecule has 0 unspecified atom stereocenters. The summed E-state index contributed by atoms with van der Waals surface area (Å²) in [6.45, 7) is 1.47. The minimum atomic E-state index is -1.07. The van der Waals surface area contributed by atoms with E-state index in [0.717, 1.165) is 5.69 Å². The van der Waals surface area contributed by atoms with Crippen molar-refractivity contribution in [1.82, 2.24) is 14.7 Å². The fourth-order valence-corrected chi connectivity index (χ4v) is 1.51. The maximum atomic E-state index is 11.6. The van der Waals surface area contributed by atoms with Gasteiger partial charge in [0.2, 0.25) is 0 Å². The summed E-state index contributed by atoms with van der Waals surface area (Å²) in [5.41, 5.74) is 1.91. The van der Waals surface area contributed by atoms with Gasteiger partial charge in [-0.2, -0.15) is 0 Å². The van der Waals surface area contributed by atoms with Crippen LogP contribution in [0.5, 0.6) is 0 Å². The van der Waals surface area contributed by atoms with Gasteiger partial charge in [0.05, 0.1) is 5.69 Å². The van der Waals surface area contributed by atoms with E-state index in [1.807, 2.05) is 13.1 Å². The Balaban J connectivity index is 2.23. The summed E-state index contributed by atoms with van der Waals surface area (Å²) in [6, 6.07) is 3.23. The lowest BCUT2D eigenvalue weighted by Crippen LogP contribution is -2.29. The molecule has 6 heteroatoms. The average molecular weight is 233 g/mol. The molecule has 2 N–H and O–H groups in total. The highest BCUT2D eigenvalue weighted by Crippen LogP contribution is 2.07. The number of aryl methyl sites for hydroxylation is 1. The zero-order valence-corrected chi connectivity index (χ0v) is 9.17. The van der Waals surface area contributed by atoms with E-state index in [4.69, 9.17) is 5.11 Å². The van der Waals surface area contributed by atoms with Gasteiger partial charge in [0.15, 0.2) is 0 Å². The Morgan fingerprint density at radius 3 is 3.00 bits per heavy atom. The van der Waals surface area contributed by atoms with Crippen LogP contribution in [0.2, 0.25) is 0 Å². The molecule has 6 nitrogen and oxygen atoms in total. The van der Waals surface area contributed by atoms with Gasteiger partial charge in [-0.3, -0.25) is 9.59 Å². The van der Waals surface area contributed by atoms with E-state index in [2.05, 4.69) is 10.3 Å². The first kappa shape index (κ1) is 11.1. The molecule has 2 heterocycles. The maximum Gasteiger partial charge on any atom is 0.322 e. The maximum absolute atomic E-state index is 11.6. The molecule has 1 amide bonds. The molecule has 0 spiro atoms. The van der Waals surface area contributed by atoms with Crippen LogP contribution in [0.1, 0.15) is 16.1 Å². The molecule has 17 heavy (non-hydrogen) atoms. The predicted octanol–water partition coefficient (Wildman–Crippen LogP) is 0.457. The zero-order valence-electron chi connectivity index (χ0n) is 9.17. The molecule has 0 radical (unpaired) electrons. The van der Waals surface area contributed by atoms with Gasteiger partial charge in [-0.05, 0) is 19.1 Å². The zero-order chi connectivity index (χ0) is 12.4. The topological polar surface area (TPSA) is 83.7 Å². The number of imidazole rings is 1. The van der Waals surface area contributed by atoms with Crippen molar-refractivity contribution in [3.63, 3.8) is 0 Å². The number of nitrogens with zero attached hydrogens (tertiary/aromatic N) is 2. The number of carboxylic acids is 1. The number of aliphatic carboxylic acids is 1. The summed E-state index contributed by atoms with van der Waals surface area (Å²) in [5.74, 6) is -1.49. The van der Waals surface area contributed by atoms with Gasteiger partial charge < -0.3 is 14.8 Å². The van der Waals surface area contributed by atoms with E-state index in [1.165, 1.54) is 0 Å². The Labute approximate surface area is 96.9 Å². The first-order chi connectivity index (χ1) is 8.06. The highest BCUT2D eigenvalue weighted by Gasteiger charge is 2.08. The van der Waals surface area contributed by atoms with E-state index >= 15 is 0 Å². The Morgan fingerprint density at radius 1 is 1.53 bits per heavy atom. The fourth-order valence-electron chi connectivity index (χ4n) is 1.51. The standard InChI is InChI=1S/C11H11N3O3/c1-7-6-14-3-2-8(4-9(14)13-7)11(17)12-5-10(15)16/h2-4,6H,5H2,1H3,(H,12,17)(H,15,16). The van der Waals surface area contributed by atoms with Crippen LogP contribution < -0.4 is 5.32 Å². The Kier molecular flexibility index (Phi) is 2.78. The molecule has 2 aromatic rings. The molecule has 0 aliphatic heterocycles. The van der Waals surface area contributed by atoms with Crippen molar-refractivity contribution in [2.24, 2.45) is 0 Å². The van der Waals surface area contributed by atoms with Gasteiger partial charge in [0.25, 0.3) is 5.91 Å². The Morgan fingerprint density at radius 2 is 2.29 bits per heavy atom. The van der Waals surface area contributed by atoms with Crippen LogP contribution in [0.15, 0.2) is 24.5 Å². The predicted molar refractivity (Wildman–Crippen MR) is 59.9 cm³/mol. The van der Waals surface area contributed by atoms with Crippen molar-refractivity contribution in [1.29, 1.82) is 0 Å². The molecular weight excluding hydrogens is 222 g/mol. The van der Waals surface area contributed by atoms with Crippen molar-refractivity contribution in [2.45, 2.75) is 6.92 Å². The second kappa shape index (κ2) is 4.25. The number of pyridine rings is 1. The number of aromatic nitrogens is 2. The largest absolute Gasteiger partial charge is 0.480 e. The van der Waals surface area contributed by atoms with Crippen LogP contribution in [-0.2, 0) is 4.79 Å². The van der Waals surface area contributed by atoms with Crippen molar-refractivity contribution in [3.8, 4) is 0 Å². The van der Waals surface area contributed by atoms with Crippen LogP contribution >= 0.6 is 0 Å². The third-order valence-corrected chi connectivity index (χ3v) is 2.24. The smallest absolute Gasteiger partial charge is 0.322 e. The van der Waals surface area contributed by atoms with Gasteiger partial charge in [0, 0.05) is 18.0 Å². The lowest BCUT2D eigenvalue weighted by atomic mass is 10.2. The van der Waals surface area contributed by atoms with Crippen LogP contribution in [-0.4, -0.2) is 32.9 Å². The molecule has 0 fully saturated rings. The minimum Gasteiger partial charge on any atom is -0.480 e. The van der Waals surface area contributed by atoms with Crippen LogP contribution in [0, 0.1) is 6.92 Å². The number of hydrogen-bond acceptors (Lipinski definition) is 3. The normalized spacial score (nSPS) is 10.4. The molecule has 2 aromatic heterocycles. The number of carboxylic acid groups (broad SMARTS) is 1. The average Bonchev–Trinajstić information content (AvgIpc) is 2.64. The SMILES string of the molecule is Cc1cn2ccc(C(=O)NCC(=O)O)cc2n1. The van der Waals surface area contributed by atoms with Gasteiger partial charge in [-0.15, -0.1) is 0 Å². The molecule has 0 saturated carbocycles. The molecule has 0 aromatic carbocycles. The van der Waals surface area contributed by atoms with Crippen LogP contribution in [0.25, 0.3) is 5.65 Å². The summed E-state index contributed by atoms with van der Waals surface area (Å²) in [4.78, 5) is 26.1. The molecule has 0 atom stereocenters. The van der Waals surface area contributed by atoms with Crippen molar-refractivity contribution in [2.75, 3.05) is 6.54 Å². The number of carbonyl (C=O) groups is 2. The van der Waals surface area contributed by atoms with E-state index in [9.17, 15) is 9.59 Å². The Bertz CT molecular complexity index is 589. The monoisotopic (exact) mass is 233 g/mol.